The minimum absolute atomic E-state index is 0.116. The van der Waals surface area contributed by atoms with E-state index in [0.29, 0.717) is 5.69 Å². The molecule has 0 bridgehead atoms. The molecule has 4 rings (SSSR count). The van der Waals surface area contributed by atoms with Gasteiger partial charge in [0.2, 0.25) is 11.8 Å². The summed E-state index contributed by atoms with van der Waals surface area (Å²) in [7, 11) is 1.56. The summed E-state index contributed by atoms with van der Waals surface area (Å²) in [6.07, 6.45) is 1.71. The summed E-state index contributed by atoms with van der Waals surface area (Å²) in [5.74, 6) is -1.05. The van der Waals surface area contributed by atoms with Crippen LogP contribution in [0.5, 0.6) is 0 Å². The number of benzene rings is 3. The molecule has 4 aromatic rings. The molecule has 0 unspecified atom stereocenters. The van der Waals surface area contributed by atoms with Crippen LogP contribution in [0.25, 0.3) is 21.7 Å². The normalized spacial score (nSPS) is 11.0. The molecule has 1 heterocycles. The SMILES string of the molecule is CN(CC(=O)Nc1cccc(F)c1)C(=O)Cc1coc2ccc3ccccc3c12. The van der Waals surface area contributed by atoms with E-state index in [4.69, 9.17) is 4.42 Å². The van der Waals surface area contributed by atoms with Crippen molar-refractivity contribution in [3.63, 3.8) is 0 Å². The van der Waals surface area contributed by atoms with E-state index < -0.39 is 11.7 Å². The Labute approximate surface area is 166 Å². The molecule has 5 nitrogen and oxygen atoms in total. The van der Waals surface area contributed by atoms with E-state index in [9.17, 15) is 14.0 Å². The summed E-state index contributed by atoms with van der Waals surface area (Å²) in [5, 5.41) is 5.59. The lowest BCUT2D eigenvalue weighted by Gasteiger charge is -2.16. The quantitative estimate of drug-likeness (QED) is 0.551. The van der Waals surface area contributed by atoms with Gasteiger partial charge in [0.1, 0.15) is 11.4 Å². The van der Waals surface area contributed by atoms with Gasteiger partial charge in [-0.05, 0) is 35.0 Å². The lowest BCUT2D eigenvalue weighted by atomic mass is 10.0. The van der Waals surface area contributed by atoms with E-state index in [2.05, 4.69) is 5.32 Å². The zero-order valence-electron chi connectivity index (χ0n) is 15.8. The Balaban J connectivity index is 1.47. The third-order valence-electron chi connectivity index (χ3n) is 4.80. The number of fused-ring (bicyclic) bond motifs is 3. The van der Waals surface area contributed by atoms with Gasteiger partial charge >= 0.3 is 0 Å². The van der Waals surface area contributed by atoms with Gasteiger partial charge in [0.15, 0.2) is 0 Å². The summed E-state index contributed by atoms with van der Waals surface area (Å²) in [4.78, 5) is 26.2. The van der Waals surface area contributed by atoms with Crippen LogP contribution in [0.3, 0.4) is 0 Å². The number of anilines is 1. The second kappa shape index (κ2) is 7.75. The number of furan rings is 1. The van der Waals surface area contributed by atoms with Crippen LogP contribution in [-0.4, -0.2) is 30.3 Å². The molecule has 29 heavy (non-hydrogen) atoms. The Hall–Kier alpha value is -3.67. The van der Waals surface area contributed by atoms with Gasteiger partial charge in [-0.1, -0.05) is 36.4 Å². The zero-order chi connectivity index (χ0) is 20.4. The van der Waals surface area contributed by atoms with E-state index >= 15 is 0 Å². The van der Waals surface area contributed by atoms with Crippen molar-refractivity contribution in [3.05, 3.63) is 78.3 Å². The topological polar surface area (TPSA) is 62.6 Å². The fraction of sp³-hybridized carbons (Fsp3) is 0.130. The number of nitrogens with zero attached hydrogens (tertiary/aromatic N) is 1. The van der Waals surface area contributed by atoms with Crippen LogP contribution in [0.4, 0.5) is 10.1 Å². The first-order chi connectivity index (χ1) is 14.0. The average molecular weight is 390 g/mol. The minimum atomic E-state index is -0.439. The van der Waals surface area contributed by atoms with Crippen molar-refractivity contribution in [1.29, 1.82) is 0 Å². The molecule has 0 radical (unpaired) electrons. The van der Waals surface area contributed by atoms with Gasteiger partial charge in [0.05, 0.1) is 19.2 Å². The highest BCUT2D eigenvalue weighted by molar-refractivity contribution is 6.08. The highest BCUT2D eigenvalue weighted by atomic mass is 19.1. The van der Waals surface area contributed by atoms with Gasteiger partial charge in [0.25, 0.3) is 0 Å². The Morgan fingerprint density at radius 1 is 1.07 bits per heavy atom. The van der Waals surface area contributed by atoms with E-state index in [1.54, 1.807) is 19.4 Å². The number of carbonyl (C=O) groups excluding carboxylic acids is 2. The van der Waals surface area contributed by atoms with Crippen molar-refractivity contribution >= 4 is 39.2 Å². The number of amides is 2. The number of hydrogen-bond acceptors (Lipinski definition) is 3. The van der Waals surface area contributed by atoms with Crippen LogP contribution in [0.2, 0.25) is 0 Å². The summed E-state index contributed by atoms with van der Waals surface area (Å²) in [6, 6.07) is 17.4. The van der Waals surface area contributed by atoms with Crippen LogP contribution >= 0.6 is 0 Å². The van der Waals surface area contributed by atoms with Crippen molar-refractivity contribution < 1.29 is 18.4 Å². The third-order valence-corrected chi connectivity index (χ3v) is 4.80. The van der Waals surface area contributed by atoms with E-state index in [1.807, 2.05) is 36.4 Å². The zero-order valence-corrected chi connectivity index (χ0v) is 15.8. The summed E-state index contributed by atoms with van der Waals surface area (Å²) < 4.78 is 18.9. The largest absolute Gasteiger partial charge is 0.464 e. The molecule has 0 saturated heterocycles. The first kappa shape index (κ1) is 18.7. The molecule has 2 amide bonds. The maximum atomic E-state index is 13.2. The molecule has 0 aliphatic carbocycles. The predicted octanol–water partition coefficient (Wildman–Crippen LogP) is 4.36. The molecular weight excluding hydrogens is 371 g/mol. The van der Waals surface area contributed by atoms with Crippen molar-refractivity contribution in [2.45, 2.75) is 6.42 Å². The van der Waals surface area contributed by atoms with Crippen LogP contribution in [0.1, 0.15) is 5.56 Å². The lowest BCUT2D eigenvalue weighted by molar-refractivity contribution is -0.132. The lowest BCUT2D eigenvalue weighted by Crippen LogP contribution is -2.35. The fourth-order valence-electron chi connectivity index (χ4n) is 3.37. The van der Waals surface area contributed by atoms with E-state index in [0.717, 1.165) is 27.3 Å². The minimum Gasteiger partial charge on any atom is -0.464 e. The predicted molar refractivity (Wildman–Crippen MR) is 110 cm³/mol. The van der Waals surface area contributed by atoms with Crippen molar-refractivity contribution in [1.82, 2.24) is 4.90 Å². The standard InChI is InChI=1S/C23H19FN2O3/c1-26(13-21(27)25-18-7-4-6-17(24)12-18)22(28)11-16-14-29-20-10-9-15-5-2-3-8-19(15)23(16)20/h2-10,12,14H,11,13H2,1H3,(H,25,27). The molecule has 1 N–H and O–H groups in total. The summed E-state index contributed by atoms with van der Waals surface area (Å²) in [5.41, 5.74) is 1.85. The molecule has 0 fully saturated rings. The number of carbonyl (C=O) groups is 2. The first-order valence-electron chi connectivity index (χ1n) is 9.18. The molecular formula is C23H19FN2O3. The van der Waals surface area contributed by atoms with Crippen LogP contribution in [0, 0.1) is 5.82 Å². The molecule has 6 heteroatoms. The summed E-state index contributed by atoms with van der Waals surface area (Å²) >= 11 is 0. The number of nitrogens with one attached hydrogen (secondary N) is 1. The van der Waals surface area contributed by atoms with E-state index in [1.165, 1.54) is 23.1 Å². The summed E-state index contributed by atoms with van der Waals surface area (Å²) in [6.45, 7) is -0.133. The molecule has 1 aromatic heterocycles. The molecule has 0 saturated carbocycles. The number of rotatable bonds is 5. The molecule has 0 aliphatic heterocycles. The number of halogens is 1. The van der Waals surface area contributed by atoms with Crippen molar-refractivity contribution in [2.75, 3.05) is 18.9 Å². The first-order valence-corrected chi connectivity index (χ1v) is 9.18. The smallest absolute Gasteiger partial charge is 0.243 e. The Bertz CT molecular complexity index is 1220. The van der Waals surface area contributed by atoms with Gasteiger partial charge in [0, 0.05) is 23.7 Å². The maximum absolute atomic E-state index is 13.2. The highest BCUT2D eigenvalue weighted by Crippen LogP contribution is 2.30. The van der Waals surface area contributed by atoms with Gasteiger partial charge < -0.3 is 14.6 Å². The van der Waals surface area contributed by atoms with Gasteiger partial charge in [-0.15, -0.1) is 0 Å². The number of hydrogen-bond donors (Lipinski definition) is 1. The van der Waals surface area contributed by atoms with Crippen molar-refractivity contribution in [3.8, 4) is 0 Å². The number of likely N-dealkylation sites (N-methyl/N-ethyl adjacent to an activating group) is 1. The molecule has 3 aromatic carbocycles. The Kier molecular flexibility index (Phi) is 4.99. The Morgan fingerprint density at radius 2 is 1.90 bits per heavy atom. The second-order valence-corrected chi connectivity index (χ2v) is 6.91. The van der Waals surface area contributed by atoms with Gasteiger partial charge in [-0.2, -0.15) is 0 Å². The van der Waals surface area contributed by atoms with E-state index in [-0.39, 0.29) is 18.9 Å². The monoisotopic (exact) mass is 390 g/mol. The van der Waals surface area contributed by atoms with Gasteiger partial charge in [-0.25, -0.2) is 4.39 Å². The average Bonchev–Trinajstić information content (AvgIpc) is 3.11. The van der Waals surface area contributed by atoms with Crippen LogP contribution in [-0.2, 0) is 16.0 Å². The fourth-order valence-corrected chi connectivity index (χ4v) is 3.37. The van der Waals surface area contributed by atoms with Crippen LogP contribution < -0.4 is 5.32 Å². The molecule has 0 aliphatic rings. The van der Waals surface area contributed by atoms with Gasteiger partial charge in [-0.3, -0.25) is 9.59 Å². The van der Waals surface area contributed by atoms with Crippen molar-refractivity contribution in [2.24, 2.45) is 0 Å². The molecule has 0 atom stereocenters. The second-order valence-electron chi connectivity index (χ2n) is 6.91. The highest BCUT2D eigenvalue weighted by Gasteiger charge is 2.17. The van der Waals surface area contributed by atoms with Crippen LogP contribution in [0.15, 0.2) is 71.3 Å². The maximum Gasteiger partial charge on any atom is 0.243 e. The third kappa shape index (κ3) is 3.96. The Morgan fingerprint density at radius 3 is 2.72 bits per heavy atom. The molecule has 0 spiro atoms. The molecule has 146 valence electrons.